The number of halogens is 1. The lowest BCUT2D eigenvalue weighted by atomic mass is 9.78. The van der Waals surface area contributed by atoms with Crippen LogP contribution in [-0.4, -0.2) is 16.1 Å². The van der Waals surface area contributed by atoms with Crippen molar-refractivity contribution in [3.8, 4) is 0 Å². The zero-order valence-electron chi connectivity index (χ0n) is 12.7. The van der Waals surface area contributed by atoms with E-state index in [-0.39, 0.29) is 11.5 Å². The number of carboxylic acids is 1. The average molecular weight is 339 g/mol. The molecule has 1 N–H and O–H groups in total. The van der Waals surface area contributed by atoms with Gasteiger partial charge in [-0.25, -0.2) is 14.2 Å². The molecule has 1 aromatic heterocycles. The molecule has 1 aliphatic rings. The summed E-state index contributed by atoms with van der Waals surface area (Å²) in [5, 5.41) is 11.5. The summed E-state index contributed by atoms with van der Waals surface area (Å²) in [6.45, 7) is 0. The molecule has 0 saturated carbocycles. The van der Waals surface area contributed by atoms with Crippen molar-refractivity contribution in [1.82, 2.24) is 4.98 Å². The fourth-order valence-corrected chi connectivity index (χ4v) is 4.47. The summed E-state index contributed by atoms with van der Waals surface area (Å²) < 4.78 is 13.4. The first-order valence-corrected chi connectivity index (χ1v) is 8.49. The van der Waals surface area contributed by atoms with Gasteiger partial charge in [-0.05, 0) is 41.7 Å². The normalized spacial score (nSPS) is 15.2. The first-order chi connectivity index (χ1) is 11.6. The molecule has 5 heteroatoms. The predicted molar refractivity (Wildman–Crippen MR) is 90.1 cm³/mol. The molecular weight excluding hydrogens is 325 g/mol. The number of fused-ring (bicyclic) bond motifs is 1. The molecule has 0 saturated heterocycles. The van der Waals surface area contributed by atoms with Gasteiger partial charge in [0.25, 0.3) is 0 Å². The van der Waals surface area contributed by atoms with E-state index in [0.29, 0.717) is 0 Å². The molecule has 0 atom stereocenters. The van der Waals surface area contributed by atoms with Crippen molar-refractivity contribution >= 4 is 17.3 Å². The van der Waals surface area contributed by atoms with E-state index in [0.717, 1.165) is 23.4 Å². The molecule has 0 radical (unpaired) electrons. The second-order valence-corrected chi connectivity index (χ2v) is 6.91. The summed E-state index contributed by atoms with van der Waals surface area (Å²) in [7, 11) is 0. The molecule has 0 spiro atoms. The van der Waals surface area contributed by atoms with Crippen molar-refractivity contribution in [2.24, 2.45) is 0 Å². The average Bonchev–Trinajstić information content (AvgIpc) is 3.21. The summed E-state index contributed by atoms with van der Waals surface area (Å²) in [6.07, 6.45) is 1.47. The van der Waals surface area contributed by atoms with E-state index >= 15 is 0 Å². The van der Waals surface area contributed by atoms with E-state index in [2.05, 4.69) is 17.1 Å². The van der Waals surface area contributed by atoms with E-state index in [1.54, 1.807) is 17.5 Å². The number of carbonyl (C=O) groups is 1. The zero-order valence-corrected chi connectivity index (χ0v) is 13.5. The fourth-order valence-electron chi connectivity index (χ4n) is 3.45. The molecular formula is C19H14FNO2S. The van der Waals surface area contributed by atoms with E-state index in [4.69, 9.17) is 0 Å². The highest BCUT2D eigenvalue weighted by atomic mass is 32.1. The third-order valence-electron chi connectivity index (χ3n) is 4.63. The first kappa shape index (κ1) is 15.0. The number of hydrogen-bond donors (Lipinski definition) is 1. The van der Waals surface area contributed by atoms with Gasteiger partial charge >= 0.3 is 5.97 Å². The van der Waals surface area contributed by atoms with Crippen molar-refractivity contribution in [3.05, 3.63) is 87.1 Å². The quantitative estimate of drug-likeness (QED) is 0.783. The number of thiazole rings is 1. The fraction of sp³-hybridized carbons (Fsp3) is 0.158. The summed E-state index contributed by atoms with van der Waals surface area (Å²) in [5.41, 5.74) is 3.05. The summed E-state index contributed by atoms with van der Waals surface area (Å²) >= 11 is 1.36. The van der Waals surface area contributed by atoms with Crippen molar-refractivity contribution in [3.63, 3.8) is 0 Å². The molecule has 1 heterocycles. The van der Waals surface area contributed by atoms with Crippen LogP contribution in [0.25, 0.3) is 0 Å². The SMILES string of the molecule is O=C(O)c1csc(C2(c3ccc(F)cc3)Cc3ccccc3C2)n1. The van der Waals surface area contributed by atoms with Gasteiger partial charge in [-0.3, -0.25) is 0 Å². The Balaban J connectivity index is 1.87. The van der Waals surface area contributed by atoms with E-state index in [1.165, 1.54) is 34.6 Å². The van der Waals surface area contributed by atoms with Gasteiger partial charge in [0.05, 0.1) is 5.41 Å². The van der Waals surface area contributed by atoms with Crippen molar-refractivity contribution < 1.29 is 14.3 Å². The highest BCUT2D eigenvalue weighted by Crippen LogP contribution is 2.45. The van der Waals surface area contributed by atoms with Gasteiger partial charge in [-0.15, -0.1) is 11.3 Å². The van der Waals surface area contributed by atoms with Gasteiger partial charge in [0.1, 0.15) is 10.8 Å². The van der Waals surface area contributed by atoms with Crippen LogP contribution in [0.2, 0.25) is 0 Å². The zero-order chi connectivity index (χ0) is 16.7. The van der Waals surface area contributed by atoms with Crippen LogP contribution >= 0.6 is 11.3 Å². The third-order valence-corrected chi connectivity index (χ3v) is 5.68. The first-order valence-electron chi connectivity index (χ1n) is 7.61. The molecule has 2 aromatic carbocycles. The molecule has 0 aliphatic heterocycles. The second kappa shape index (κ2) is 5.53. The molecule has 120 valence electrons. The number of nitrogens with zero attached hydrogens (tertiary/aromatic N) is 1. The minimum Gasteiger partial charge on any atom is -0.476 e. The van der Waals surface area contributed by atoms with Crippen LogP contribution in [0, 0.1) is 5.82 Å². The lowest BCUT2D eigenvalue weighted by molar-refractivity contribution is 0.0691. The largest absolute Gasteiger partial charge is 0.476 e. The maximum Gasteiger partial charge on any atom is 0.355 e. The molecule has 1 aliphatic carbocycles. The number of rotatable bonds is 3. The molecule has 0 amide bonds. The van der Waals surface area contributed by atoms with Crippen molar-refractivity contribution in [2.45, 2.75) is 18.3 Å². The van der Waals surface area contributed by atoms with Crippen LogP contribution in [-0.2, 0) is 18.3 Å². The van der Waals surface area contributed by atoms with Crippen LogP contribution < -0.4 is 0 Å². The van der Waals surface area contributed by atoms with E-state index in [1.807, 2.05) is 12.1 Å². The molecule has 3 aromatic rings. The molecule has 4 rings (SSSR count). The number of carboxylic acid groups (broad SMARTS) is 1. The molecule has 3 nitrogen and oxygen atoms in total. The Morgan fingerprint density at radius 2 is 1.71 bits per heavy atom. The Hall–Kier alpha value is -2.53. The smallest absolute Gasteiger partial charge is 0.355 e. The Morgan fingerprint density at radius 1 is 1.08 bits per heavy atom. The topological polar surface area (TPSA) is 50.2 Å². The second-order valence-electron chi connectivity index (χ2n) is 6.05. The van der Waals surface area contributed by atoms with Gasteiger partial charge in [-0.2, -0.15) is 0 Å². The van der Waals surface area contributed by atoms with Gasteiger partial charge in [-0.1, -0.05) is 36.4 Å². The van der Waals surface area contributed by atoms with Crippen LogP contribution in [0.15, 0.2) is 53.9 Å². The van der Waals surface area contributed by atoms with E-state index < -0.39 is 11.4 Å². The molecule has 24 heavy (non-hydrogen) atoms. The number of hydrogen-bond acceptors (Lipinski definition) is 3. The lowest BCUT2D eigenvalue weighted by Gasteiger charge is -2.27. The maximum absolute atomic E-state index is 13.4. The number of aromatic nitrogens is 1. The van der Waals surface area contributed by atoms with Crippen molar-refractivity contribution in [1.29, 1.82) is 0 Å². The highest BCUT2D eigenvalue weighted by molar-refractivity contribution is 7.10. The van der Waals surface area contributed by atoms with Gasteiger partial charge in [0, 0.05) is 5.38 Å². The van der Waals surface area contributed by atoms with Crippen LogP contribution in [0.1, 0.15) is 32.2 Å². The van der Waals surface area contributed by atoms with Crippen LogP contribution in [0.4, 0.5) is 4.39 Å². The minimum atomic E-state index is -1.03. The lowest BCUT2D eigenvalue weighted by Crippen LogP contribution is -2.28. The molecule has 0 unspecified atom stereocenters. The third kappa shape index (κ3) is 2.32. The Kier molecular flexibility index (Phi) is 3.46. The van der Waals surface area contributed by atoms with Crippen LogP contribution in [0.5, 0.6) is 0 Å². The standard InChI is InChI=1S/C19H14FNO2S/c20-15-7-5-14(6-8-15)19(18-21-16(11-24-18)17(22)23)9-12-3-1-2-4-13(12)10-19/h1-8,11H,9-10H2,(H,22,23). The van der Waals surface area contributed by atoms with E-state index in [9.17, 15) is 14.3 Å². The minimum absolute atomic E-state index is 0.0624. The Labute approximate surface area is 142 Å². The molecule has 0 fully saturated rings. The summed E-state index contributed by atoms with van der Waals surface area (Å²) in [6, 6.07) is 14.6. The highest BCUT2D eigenvalue weighted by Gasteiger charge is 2.43. The Morgan fingerprint density at radius 3 is 2.25 bits per heavy atom. The monoisotopic (exact) mass is 339 g/mol. The van der Waals surface area contributed by atoms with Gasteiger partial charge in [0.15, 0.2) is 5.69 Å². The van der Waals surface area contributed by atoms with Gasteiger partial charge < -0.3 is 5.11 Å². The van der Waals surface area contributed by atoms with Crippen molar-refractivity contribution in [2.75, 3.05) is 0 Å². The number of benzene rings is 2. The predicted octanol–water partition coefficient (Wildman–Crippen LogP) is 4.07. The Bertz CT molecular complexity index is 892. The molecule has 0 bridgehead atoms. The maximum atomic E-state index is 13.4. The number of aromatic carboxylic acids is 1. The van der Waals surface area contributed by atoms with Gasteiger partial charge in [0.2, 0.25) is 0 Å². The summed E-state index contributed by atoms with van der Waals surface area (Å²) in [5.74, 6) is -1.31. The van der Waals surface area contributed by atoms with Crippen LogP contribution in [0.3, 0.4) is 0 Å². The summed E-state index contributed by atoms with van der Waals surface area (Å²) in [4.78, 5) is 15.6.